The molecule has 1 atom stereocenters. The fraction of sp³-hybridized carbons (Fsp3) is 0.929. The van der Waals surface area contributed by atoms with Crippen LogP contribution in [0.3, 0.4) is 0 Å². The second-order valence-corrected chi connectivity index (χ2v) is 7.10. The van der Waals surface area contributed by atoms with Crippen LogP contribution in [0.5, 0.6) is 0 Å². The van der Waals surface area contributed by atoms with Crippen LogP contribution < -0.4 is 10.2 Å². The summed E-state index contributed by atoms with van der Waals surface area (Å²) in [5, 5.41) is 2.95. The molecule has 124 valence electrons. The molecule has 1 amide bonds. The Bertz CT molecular complexity index is 344. The Morgan fingerprint density at radius 3 is 2.57 bits per heavy atom. The van der Waals surface area contributed by atoms with Crippen molar-refractivity contribution in [3.8, 4) is 0 Å². The van der Waals surface area contributed by atoms with Crippen molar-refractivity contribution in [3.05, 3.63) is 0 Å². The van der Waals surface area contributed by atoms with E-state index in [0.717, 1.165) is 26.4 Å². The molecule has 1 fully saturated rings. The summed E-state index contributed by atoms with van der Waals surface area (Å²) in [7, 11) is -2.98. The lowest BCUT2D eigenvalue weighted by atomic mass is 10.0. The molecule has 1 aliphatic rings. The monoisotopic (exact) mass is 320 g/mol. The van der Waals surface area contributed by atoms with Crippen molar-refractivity contribution in [3.63, 3.8) is 0 Å². The number of unbranched alkanes of at least 4 members (excludes halogenated alkanes) is 3. The van der Waals surface area contributed by atoms with Crippen molar-refractivity contribution >= 4 is 13.7 Å². The van der Waals surface area contributed by atoms with Crippen LogP contribution in [0.1, 0.15) is 57.8 Å². The summed E-state index contributed by atoms with van der Waals surface area (Å²) in [5.74, 6) is 0.753. The van der Waals surface area contributed by atoms with Gasteiger partial charge in [-0.1, -0.05) is 25.7 Å². The van der Waals surface area contributed by atoms with E-state index in [2.05, 4.69) is 14.4 Å². The number of amides is 1. The first-order valence-electron chi connectivity index (χ1n) is 7.81. The summed E-state index contributed by atoms with van der Waals surface area (Å²) in [5.41, 5.74) is 0. The maximum absolute atomic E-state index is 11.7. The normalized spacial score (nSPS) is 18.6. The van der Waals surface area contributed by atoms with Crippen LogP contribution in [-0.2, 0) is 18.4 Å². The van der Waals surface area contributed by atoms with Gasteiger partial charge in [-0.25, -0.2) is 0 Å². The lowest BCUT2D eigenvalue weighted by Gasteiger charge is -2.19. The number of nitrogens with one attached hydrogen (secondary N) is 1. The number of rotatable bonds is 11. The lowest BCUT2D eigenvalue weighted by Crippen LogP contribution is -2.26. The molecule has 1 aliphatic carbocycles. The van der Waals surface area contributed by atoms with Crippen LogP contribution in [-0.4, -0.2) is 26.2 Å². The highest BCUT2D eigenvalue weighted by Gasteiger charge is 2.17. The van der Waals surface area contributed by atoms with Crippen molar-refractivity contribution in [2.75, 3.05) is 20.3 Å². The van der Waals surface area contributed by atoms with E-state index in [0.29, 0.717) is 25.3 Å². The van der Waals surface area contributed by atoms with Gasteiger partial charge in [0.2, 0.25) is 5.91 Å². The van der Waals surface area contributed by atoms with Gasteiger partial charge in [0.1, 0.15) is 0 Å². The van der Waals surface area contributed by atoms with Gasteiger partial charge in [-0.2, -0.15) is 0 Å². The Kier molecular flexibility index (Phi) is 9.16. The summed E-state index contributed by atoms with van der Waals surface area (Å²) >= 11 is 0. The first-order valence-corrected chi connectivity index (χ1v) is 9.27. The molecule has 1 N–H and O–H groups in total. The van der Waals surface area contributed by atoms with Crippen molar-refractivity contribution in [1.29, 1.82) is 0 Å². The average Bonchev–Trinajstić information content (AvgIpc) is 2.94. The van der Waals surface area contributed by atoms with Crippen molar-refractivity contribution in [1.82, 2.24) is 5.32 Å². The molecule has 0 heterocycles. The van der Waals surface area contributed by atoms with Gasteiger partial charge in [0.05, 0.1) is 6.61 Å². The van der Waals surface area contributed by atoms with E-state index < -0.39 is 7.82 Å². The highest BCUT2D eigenvalue weighted by Crippen LogP contribution is 2.36. The molecule has 0 radical (unpaired) electrons. The van der Waals surface area contributed by atoms with Crippen molar-refractivity contribution in [2.45, 2.75) is 57.8 Å². The third kappa shape index (κ3) is 9.25. The topological polar surface area (TPSA) is 87.7 Å². The molecule has 0 aliphatic heterocycles. The Labute approximate surface area is 127 Å². The van der Waals surface area contributed by atoms with E-state index in [4.69, 9.17) is 0 Å². The maximum atomic E-state index is 11.7. The third-order valence-corrected chi connectivity index (χ3v) is 4.76. The molecular weight excluding hydrogens is 293 g/mol. The zero-order chi connectivity index (χ0) is 15.6. The minimum atomic E-state index is -4.07. The summed E-state index contributed by atoms with van der Waals surface area (Å²) in [4.78, 5) is 22.6. The van der Waals surface area contributed by atoms with Gasteiger partial charge in [-0.05, 0) is 31.6 Å². The molecule has 0 saturated heterocycles. The van der Waals surface area contributed by atoms with E-state index in [1.807, 2.05) is 0 Å². The SMILES string of the molecule is COP(=O)([O-])OCCCCCCNC(=O)CC1CCCC1. The molecule has 0 spiro atoms. The summed E-state index contributed by atoms with van der Waals surface area (Å²) in [6.45, 7) is 0.854. The zero-order valence-electron chi connectivity index (χ0n) is 12.8. The first-order chi connectivity index (χ1) is 10.0. The Balaban J connectivity index is 1.88. The van der Waals surface area contributed by atoms with Crippen molar-refractivity contribution < 1.29 is 23.3 Å². The highest BCUT2D eigenvalue weighted by molar-refractivity contribution is 7.45. The van der Waals surface area contributed by atoms with Gasteiger partial charge in [0, 0.05) is 20.1 Å². The molecule has 21 heavy (non-hydrogen) atoms. The predicted molar refractivity (Wildman–Crippen MR) is 78.6 cm³/mol. The van der Waals surface area contributed by atoms with Gasteiger partial charge < -0.3 is 19.3 Å². The van der Waals surface area contributed by atoms with E-state index in [9.17, 15) is 14.3 Å². The van der Waals surface area contributed by atoms with Gasteiger partial charge in [0.25, 0.3) is 7.82 Å². The quantitative estimate of drug-likeness (QED) is 0.466. The fourth-order valence-electron chi connectivity index (χ4n) is 2.59. The van der Waals surface area contributed by atoms with Crippen LogP contribution in [0.25, 0.3) is 0 Å². The highest BCUT2D eigenvalue weighted by atomic mass is 31.2. The van der Waals surface area contributed by atoms with Gasteiger partial charge in [-0.3, -0.25) is 9.36 Å². The molecule has 7 heteroatoms. The number of phosphoric ester groups is 1. The number of hydrogen-bond acceptors (Lipinski definition) is 5. The summed E-state index contributed by atoms with van der Waals surface area (Å²) in [6.07, 6.45) is 8.99. The summed E-state index contributed by atoms with van der Waals surface area (Å²) < 4.78 is 19.7. The van der Waals surface area contributed by atoms with Gasteiger partial charge in [0.15, 0.2) is 0 Å². The number of phosphoric acid groups is 1. The van der Waals surface area contributed by atoms with Crippen LogP contribution >= 0.6 is 7.82 Å². The smallest absolute Gasteiger partial charge is 0.267 e. The van der Waals surface area contributed by atoms with E-state index in [1.165, 1.54) is 25.7 Å². The second-order valence-electron chi connectivity index (χ2n) is 5.58. The van der Waals surface area contributed by atoms with E-state index in [1.54, 1.807) is 0 Å². The standard InChI is InChI=1S/C14H28NO5P/c1-19-21(17,18)20-11-7-3-2-6-10-15-14(16)12-13-8-4-5-9-13/h13H,2-12H2,1H3,(H,15,16)(H,17,18)/p-1. The summed E-state index contributed by atoms with van der Waals surface area (Å²) in [6, 6.07) is 0. The molecule has 0 bridgehead atoms. The number of carbonyl (C=O) groups is 1. The van der Waals surface area contributed by atoms with Gasteiger partial charge in [-0.15, -0.1) is 0 Å². The second kappa shape index (κ2) is 10.3. The molecule has 1 saturated carbocycles. The van der Waals surface area contributed by atoms with Gasteiger partial charge >= 0.3 is 0 Å². The van der Waals surface area contributed by atoms with Crippen LogP contribution in [0.4, 0.5) is 0 Å². The fourth-order valence-corrected chi connectivity index (χ4v) is 3.04. The number of carbonyl (C=O) groups excluding carboxylic acids is 1. The molecule has 1 unspecified atom stereocenters. The van der Waals surface area contributed by atoms with E-state index >= 15 is 0 Å². The molecule has 1 rings (SSSR count). The molecule has 6 nitrogen and oxygen atoms in total. The maximum Gasteiger partial charge on any atom is 0.267 e. The van der Waals surface area contributed by atoms with E-state index in [-0.39, 0.29) is 12.5 Å². The Hall–Kier alpha value is -0.420. The lowest BCUT2D eigenvalue weighted by molar-refractivity contribution is -0.223. The predicted octanol–water partition coefficient (Wildman–Crippen LogP) is 2.37. The first kappa shape index (κ1) is 18.6. The number of hydrogen-bond donors (Lipinski definition) is 1. The zero-order valence-corrected chi connectivity index (χ0v) is 13.7. The minimum Gasteiger partial charge on any atom is -0.756 e. The molecule has 0 aromatic rings. The molecular formula is C14H27NO5P-. The average molecular weight is 320 g/mol. The molecule has 0 aromatic carbocycles. The third-order valence-electron chi connectivity index (χ3n) is 3.82. The van der Waals surface area contributed by atoms with Crippen LogP contribution in [0.2, 0.25) is 0 Å². The van der Waals surface area contributed by atoms with Crippen LogP contribution in [0, 0.1) is 5.92 Å². The van der Waals surface area contributed by atoms with Crippen LogP contribution in [0.15, 0.2) is 0 Å². The van der Waals surface area contributed by atoms with Crippen molar-refractivity contribution in [2.24, 2.45) is 5.92 Å². The minimum absolute atomic E-state index is 0.155. The largest absolute Gasteiger partial charge is 0.756 e. The molecule has 0 aromatic heterocycles. The Morgan fingerprint density at radius 1 is 1.24 bits per heavy atom. The Morgan fingerprint density at radius 2 is 1.90 bits per heavy atom.